The van der Waals surface area contributed by atoms with E-state index in [0.29, 0.717) is 19.3 Å². The Hall–Kier alpha value is -5.04. The van der Waals surface area contributed by atoms with Crippen molar-refractivity contribution in [1.29, 1.82) is 0 Å². The van der Waals surface area contributed by atoms with Crippen LogP contribution in [0.25, 0.3) is 0 Å². The van der Waals surface area contributed by atoms with Crippen molar-refractivity contribution in [3.05, 3.63) is 71.8 Å². The Morgan fingerprint density at radius 3 is 1.39 bits per heavy atom. The SMILES string of the molecule is CCC(N)C(=O)NC(Cc1ccccc1)C(=O)O.CCC(N)C(=O)OC.NC(Cc1ccccc1)C(=O)O.O=C=O.O=C=O. The number of carboxylic acids is 2. The monoisotopic (exact) mass is 620 g/mol. The smallest absolute Gasteiger partial charge is 0.373 e. The summed E-state index contributed by atoms with van der Waals surface area (Å²) in [4.78, 5) is 75.9. The molecule has 44 heavy (non-hydrogen) atoms. The van der Waals surface area contributed by atoms with Crippen LogP contribution >= 0.6 is 0 Å². The Bertz CT molecular complexity index is 1140. The summed E-state index contributed by atoms with van der Waals surface area (Å²) in [6.45, 7) is 3.61. The molecule has 2 aromatic rings. The molecule has 0 saturated heterocycles. The number of hydrogen-bond donors (Lipinski definition) is 6. The fourth-order valence-electron chi connectivity index (χ4n) is 2.79. The number of methoxy groups -OCH3 is 1. The van der Waals surface area contributed by atoms with Gasteiger partial charge in [0.05, 0.1) is 13.2 Å². The zero-order chi connectivity index (χ0) is 34.5. The highest BCUT2D eigenvalue weighted by Gasteiger charge is 2.22. The Morgan fingerprint density at radius 2 is 1.09 bits per heavy atom. The predicted octanol–water partition coefficient (Wildman–Crippen LogP) is -0.0935. The minimum absolute atomic E-state index is 0.248. The molecule has 0 heterocycles. The van der Waals surface area contributed by atoms with E-state index in [9.17, 15) is 19.2 Å². The summed E-state index contributed by atoms with van der Waals surface area (Å²) in [5, 5.41) is 20.1. The number of esters is 1. The lowest BCUT2D eigenvalue weighted by atomic mass is 10.1. The van der Waals surface area contributed by atoms with E-state index in [4.69, 9.17) is 46.6 Å². The van der Waals surface area contributed by atoms with Crippen molar-refractivity contribution in [2.24, 2.45) is 17.2 Å². The van der Waals surface area contributed by atoms with E-state index in [2.05, 4.69) is 10.1 Å². The fourth-order valence-corrected chi connectivity index (χ4v) is 2.79. The van der Waals surface area contributed by atoms with Gasteiger partial charge in [0.25, 0.3) is 0 Å². The number of rotatable bonds is 11. The van der Waals surface area contributed by atoms with Gasteiger partial charge >= 0.3 is 30.2 Å². The van der Waals surface area contributed by atoms with E-state index >= 15 is 0 Å². The van der Waals surface area contributed by atoms with Gasteiger partial charge in [-0.2, -0.15) is 19.2 Å². The van der Waals surface area contributed by atoms with Crippen LogP contribution in [0.2, 0.25) is 0 Å². The van der Waals surface area contributed by atoms with Gasteiger partial charge in [0, 0.05) is 6.42 Å². The number of nitrogens with two attached hydrogens (primary N) is 3. The van der Waals surface area contributed by atoms with Crippen LogP contribution in [-0.2, 0) is 55.9 Å². The van der Waals surface area contributed by atoms with Gasteiger partial charge in [0.1, 0.15) is 18.1 Å². The molecule has 2 aromatic carbocycles. The molecule has 4 atom stereocenters. The van der Waals surface area contributed by atoms with Gasteiger partial charge in [0.15, 0.2) is 0 Å². The Kier molecular flexibility index (Phi) is 27.7. The molecule has 0 aliphatic rings. The van der Waals surface area contributed by atoms with Gasteiger partial charge < -0.3 is 37.5 Å². The quantitative estimate of drug-likeness (QED) is 0.179. The maximum absolute atomic E-state index is 11.6. The number of ether oxygens (including phenoxy) is 1. The molecule has 0 aromatic heterocycles. The van der Waals surface area contributed by atoms with Crippen molar-refractivity contribution in [3.8, 4) is 0 Å². The van der Waals surface area contributed by atoms with Crippen LogP contribution < -0.4 is 22.5 Å². The summed E-state index contributed by atoms with van der Waals surface area (Å²) >= 11 is 0. The minimum atomic E-state index is -1.06. The lowest BCUT2D eigenvalue weighted by molar-refractivity contribution is -0.193. The van der Waals surface area contributed by atoms with Gasteiger partial charge in [-0.1, -0.05) is 74.5 Å². The maximum Gasteiger partial charge on any atom is 0.373 e. The third-order valence-corrected chi connectivity index (χ3v) is 5.23. The summed E-state index contributed by atoms with van der Waals surface area (Å²) in [6.07, 6.45) is 2.24. The first-order valence-electron chi connectivity index (χ1n) is 13.0. The second kappa shape index (κ2) is 28.1. The number of amides is 1. The highest BCUT2D eigenvalue weighted by Crippen LogP contribution is 2.04. The number of carbonyl (C=O) groups is 4. The first kappa shape index (κ1) is 43.4. The van der Waals surface area contributed by atoms with Gasteiger partial charge in [-0.25, -0.2) is 4.79 Å². The molecule has 1 amide bonds. The van der Waals surface area contributed by atoms with Crippen LogP contribution in [0, 0.1) is 0 Å². The van der Waals surface area contributed by atoms with E-state index in [-0.39, 0.29) is 24.7 Å². The van der Waals surface area contributed by atoms with Crippen molar-refractivity contribution in [2.75, 3.05) is 7.11 Å². The van der Waals surface area contributed by atoms with Gasteiger partial charge in [-0.05, 0) is 30.4 Å². The average Bonchev–Trinajstić information content (AvgIpc) is 3.01. The molecule has 0 aliphatic carbocycles. The van der Waals surface area contributed by atoms with Crippen molar-refractivity contribution in [3.63, 3.8) is 0 Å². The lowest BCUT2D eigenvalue weighted by Gasteiger charge is -2.17. The zero-order valence-electron chi connectivity index (χ0n) is 24.7. The average molecular weight is 621 g/mol. The standard InChI is InChI=1S/C13H18N2O3.C9H11NO2.C5H11NO2.2CO2/c1-2-10(14)12(16)15-11(13(17)18)8-9-6-4-3-5-7-9;10-8(9(11)12)6-7-4-2-1-3-5-7;1-3-4(6)5(7)8-2;2*2-1-3/h3-7,10-11H,2,8,14H2,1H3,(H,15,16)(H,17,18);1-5,8H,6,10H2,(H,11,12);4H,3,6H2,1-2H3;;. The Morgan fingerprint density at radius 1 is 0.705 bits per heavy atom. The molecule has 0 fully saturated rings. The molecule has 15 nitrogen and oxygen atoms in total. The largest absolute Gasteiger partial charge is 0.480 e. The number of hydrogen-bond acceptors (Lipinski definition) is 12. The number of benzene rings is 2. The van der Waals surface area contributed by atoms with Crippen molar-refractivity contribution in [1.82, 2.24) is 5.32 Å². The first-order chi connectivity index (χ1) is 20.8. The predicted molar refractivity (Wildman–Crippen MR) is 154 cm³/mol. The second-order valence-electron chi connectivity index (χ2n) is 8.44. The Balaban J connectivity index is -0.000000557. The summed E-state index contributed by atoms with van der Waals surface area (Å²) in [5.41, 5.74) is 18.0. The highest BCUT2D eigenvalue weighted by atomic mass is 16.5. The third kappa shape index (κ3) is 23.6. The first-order valence-corrected chi connectivity index (χ1v) is 13.0. The van der Waals surface area contributed by atoms with Crippen LogP contribution in [0.4, 0.5) is 0 Å². The van der Waals surface area contributed by atoms with Gasteiger partial charge in [0.2, 0.25) is 5.91 Å². The van der Waals surface area contributed by atoms with Crippen LogP contribution in [-0.4, -0.2) is 77.6 Å². The molecule has 2 rings (SSSR count). The molecule has 0 saturated carbocycles. The zero-order valence-corrected chi connectivity index (χ0v) is 24.7. The Labute approximate surface area is 254 Å². The molecule has 0 aliphatic heterocycles. The van der Waals surface area contributed by atoms with Crippen LogP contribution in [0.1, 0.15) is 37.8 Å². The van der Waals surface area contributed by atoms with Gasteiger partial charge in [-0.15, -0.1) is 0 Å². The molecule has 0 bridgehead atoms. The molecule has 4 unspecified atom stereocenters. The van der Waals surface area contributed by atoms with Gasteiger partial charge in [-0.3, -0.25) is 14.4 Å². The fraction of sp³-hybridized carbons (Fsp3) is 0.379. The van der Waals surface area contributed by atoms with Crippen molar-refractivity contribution >= 4 is 36.1 Å². The minimum Gasteiger partial charge on any atom is -0.480 e. The molecule has 0 radical (unpaired) electrons. The lowest BCUT2D eigenvalue weighted by Crippen LogP contribution is -2.49. The third-order valence-electron chi connectivity index (χ3n) is 5.23. The highest BCUT2D eigenvalue weighted by molar-refractivity contribution is 5.86. The number of nitrogens with one attached hydrogen (secondary N) is 1. The number of carboxylic acid groups (broad SMARTS) is 2. The molecule has 242 valence electrons. The normalized spacial score (nSPS) is 11.7. The topological polar surface area (TPSA) is 276 Å². The molecule has 15 heteroatoms. The van der Waals surface area contributed by atoms with Crippen LogP contribution in [0.15, 0.2) is 60.7 Å². The maximum atomic E-state index is 11.6. The molecule has 9 N–H and O–H groups in total. The number of carbonyl (C=O) groups excluding carboxylic acids is 6. The molecular weight excluding hydrogens is 580 g/mol. The van der Waals surface area contributed by atoms with E-state index in [0.717, 1.165) is 11.1 Å². The summed E-state index contributed by atoms with van der Waals surface area (Å²) in [5.74, 6) is -2.79. The summed E-state index contributed by atoms with van der Waals surface area (Å²) in [6, 6.07) is 15.6. The van der Waals surface area contributed by atoms with E-state index in [1.54, 1.807) is 6.92 Å². The van der Waals surface area contributed by atoms with E-state index in [1.807, 2.05) is 67.6 Å². The summed E-state index contributed by atoms with van der Waals surface area (Å²) < 4.78 is 4.34. The van der Waals surface area contributed by atoms with Crippen molar-refractivity contribution < 1.29 is 53.3 Å². The van der Waals surface area contributed by atoms with Crippen LogP contribution in [0.3, 0.4) is 0 Å². The van der Waals surface area contributed by atoms with Crippen LogP contribution in [0.5, 0.6) is 0 Å². The second-order valence-corrected chi connectivity index (χ2v) is 8.44. The number of aliphatic carboxylic acids is 2. The molecular formula is C29H40N4O11. The molecule has 0 spiro atoms. The van der Waals surface area contributed by atoms with E-state index < -0.39 is 42.0 Å². The van der Waals surface area contributed by atoms with Crippen molar-refractivity contribution in [2.45, 2.75) is 63.7 Å². The van der Waals surface area contributed by atoms with E-state index in [1.165, 1.54) is 7.11 Å². The summed E-state index contributed by atoms with van der Waals surface area (Å²) in [7, 11) is 1.33.